The zero-order chi connectivity index (χ0) is 25.5. The molecule has 2 aromatic rings. The monoisotopic (exact) mass is 490 g/mol. The third-order valence-electron chi connectivity index (χ3n) is 5.77. The summed E-state index contributed by atoms with van der Waals surface area (Å²) in [4.78, 5) is 11.6. The van der Waals surface area contributed by atoms with Gasteiger partial charge >= 0.3 is 7.12 Å². The molecule has 8 nitrogen and oxygen atoms in total. The van der Waals surface area contributed by atoms with Gasteiger partial charge in [0, 0.05) is 6.54 Å². The van der Waals surface area contributed by atoms with Gasteiger partial charge in [-0.1, -0.05) is 18.2 Å². The minimum Gasteiger partial charge on any atom is -0.493 e. The fourth-order valence-electron chi connectivity index (χ4n) is 3.36. The number of hydrogen-bond acceptors (Lipinski definition) is 8. The molecular formula is C24H35BN2O6S. The minimum atomic E-state index is -0.822. The average molecular weight is 490 g/mol. The van der Waals surface area contributed by atoms with Crippen LogP contribution in [0.2, 0.25) is 0 Å². The molecule has 1 aliphatic rings. The summed E-state index contributed by atoms with van der Waals surface area (Å²) in [6.07, 6.45) is 4.08. The SMILES string of the molecule is CCOc1cc(CNc2cccc(B3OC(C)(C)C(C)(C)O3)c2[N+](=O)[O-])ccc1OC.CSC. The highest BCUT2D eigenvalue weighted by molar-refractivity contribution is 7.97. The number of benzene rings is 2. The molecule has 0 amide bonds. The van der Waals surface area contributed by atoms with E-state index in [2.05, 4.69) is 5.32 Å². The van der Waals surface area contributed by atoms with Crippen LogP contribution < -0.4 is 20.3 Å². The maximum Gasteiger partial charge on any atom is 0.502 e. The largest absolute Gasteiger partial charge is 0.502 e. The van der Waals surface area contributed by atoms with Crippen molar-refractivity contribution in [2.24, 2.45) is 0 Å². The third kappa shape index (κ3) is 6.37. The van der Waals surface area contributed by atoms with E-state index in [9.17, 15) is 10.1 Å². The number of nitrogens with one attached hydrogen (secondary N) is 1. The number of rotatable bonds is 8. The fraction of sp³-hybridized carbons (Fsp3) is 0.500. The summed E-state index contributed by atoms with van der Waals surface area (Å²) in [5.41, 5.74) is 0.449. The predicted molar refractivity (Wildman–Crippen MR) is 140 cm³/mol. The number of methoxy groups -OCH3 is 1. The molecule has 0 spiro atoms. The van der Waals surface area contributed by atoms with E-state index in [0.29, 0.717) is 35.8 Å². The van der Waals surface area contributed by atoms with Gasteiger partial charge in [0.1, 0.15) is 5.69 Å². The van der Waals surface area contributed by atoms with Gasteiger partial charge in [-0.2, -0.15) is 11.8 Å². The summed E-state index contributed by atoms with van der Waals surface area (Å²) in [6.45, 7) is 10.4. The van der Waals surface area contributed by atoms with Crippen LogP contribution in [0.1, 0.15) is 40.2 Å². The van der Waals surface area contributed by atoms with E-state index in [4.69, 9.17) is 18.8 Å². The number of nitro groups is 1. The van der Waals surface area contributed by atoms with Crippen LogP contribution in [-0.4, -0.2) is 49.5 Å². The molecule has 186 valence electrons. The Hall–Kier alpha value is -2.43. The van der Waals surface area contributed by atoms with Gasteiger partial charge in [-0.25, -0.2) is 0 Å². The molecule has 34 heavy (non-hydrogen) atoms. The van der Waals surface area contributed by atoms with Gasteiger partial charge in [-0.15, -0.1) is 0 Å². The van der Waals surface area contributed by atoms with Crippen LogP contribution in [0.15, 0.2) is 36.4 Å². The number of anilines is 1. The summed E-state index contributed by atoms with van der Waals surface area (Å²) >= 11 is 1.75. The molecule has 1 N–H and O–H groups in total. The molecule has 0 atom stereocenters. The first-order valence-electron chi connectivity index (χ1n) is 11.1. The van der Waals surface area contributed by atoms with Crippen molar-refractivity contribution < 1.29 is 23.7 Å². The third-order valence-corrected chi connectivity index (χ3v) is 5.77. The van der Waals surface area contributed by atoms with Crippen molar-refractivity contribution in [1.29, 1.82) is 0 Å². The number of para-hydroxylation sites is 1. The molecule has 1 heterocycles. The highest BCUT2D eigenvalue weighted by Crippen LogP contribution is 2.38. The van der Waals surface area contributed by atoms with Crippen LogP contribution >= 0.6 is 11.8 Å². The fourth-order valence-corrected chi connectivity index (χ4v) is 3.36. The van der Waals surface area contributed by atoms with E-state index in [0.717, 1.165) is 5.56 Å². The molecule has 1 aliphatic heterocycles. The zero-order valence-corrected chi connectivity index (χ0v) is 22.1. The van der Waals surface area contributed by atoms with E-state index in [-0.39, 0.29) is 5.69 Å². The van der Waals surface area contributed by atoms with Gasteiger partial charge in [-0.05, 0) is 70.9 Å². The average Bonchev–Trinajstić information content (AvgIpc) is 2.99. The second kappa shape index (κ2) is 11.8. The van der Waals surface area contributed by atoms with Gasteiger partial charge in [-0.3, -0.25) is 10.1 Å². The predicted octanol–water partition coefficient (Wildman–Crippen LogP) is 4.89. The van der Waals surface area contributed by atoms with E-state index < -0.39 is 23.2 Å². The summed E-state index contributed by atoms with van der Waals surface area (Å²) in [6, 6.07) is 10.7. The first-order valence-corrected chi connectivity index (χ1v) is 12.7. The molecule has 0 unspecified atom stereocenters. The van der Waals surface area contributed by atoms with Gasteiger partial charge in [0.25, 0.3) is 5.69 Å². The molecule has 0 saturated carbocycles. The van der Waals surface area contributed by atoms with Crippen LogP contribution in [0.3, 0.4) is 0 Å². The Morgan fingerprint density at radius 1 is 1.09 bits per heavy atom. The molecule has 1 fully saturated rings. The molecule has 0 aliphatic carbocycles. The zero-order valence-electron chi connectivity index (χ0n) is 21.3. The van der Waals surface area contributed by atoms with Gasteiger partial charge < -0.3 is 24.1 Å². The van der Waals surface area contributed by atoms with Gasteiger partial charge in [0.2, 0.25) is 0 Å². The van der Waals surface area contributed by atoms with Gasteiger partial charge in [0.05, 0.1) is 35.3 Å². The molecule has 0 bridgehead atoms. The Morgan fingerprint density at radius 2 is 1.71 bits per heavy atom. The lowest BCUT2D eigenvalue weighted by atomic mass is 9.77. The van der Waals surface area contributed by atoms with Crippen LogP contribution in [0.4, 0.5) is 11.4 Å². The van der Waals surface area contributed by atoms with Crippen molar-refractivity contribution in [2.45, 2.75) is 52.4 Å². The van der Waals surface area contributed by atoms with E-state index in [1.807, 2.05) is 65.3 Å². The molecular weight excluding hydrogens is 455 g/mol. The molecule has 3 rings (SSSR count). The summed E-state index contributed by atoms with van der Waals surface area (Å²) in [5, 5.41) is 15.1. The number of hydrogen-bond donors (Lipinski definition) is 1. The van der Waals surface area contributed by atoms with E-state index in [1.165, 1.54) is 0 Å². The Bertz CT molecular complexity index is 970. The first kappa shape index (κ1) is 27.8. The Labute approximate surface area is 207 Å². The van der Waals surface area contributed by atoms with Crippen LogP contribution in [0, 0.1) is 10.1 Å². The van der Waals surface area contributed by atoms with Crippen molar-refractivity contribution in [3.05, 3.63) is 52.1 Å². The second-order valence-electron chi connectivity index (χ2n) is 8.77. The lowest BCUT2D eigenvalue weighted by Gasteiger charge is -2.32. The highest BCUT2D eigenvalue weighted by Gasteiger charge is 2.53. The Balaban J connectivity index is 0.00000129. The maximum atomic E-state index is 12.0. The Kier molecular flexibility index (Phi) is 9.67. The topological polar surface area (TPSA) is 92.1 Å². The molecule has 0 aromatic heterocycles. The summed E-state index contributed by atoms with van der Waals surface area (Å²) in [5.74, 6) is 1.27. The molecule has 0 radical (unpaired) electrons. The van der Waals surface area contributed by atoms with Crippen molar-refractivity contribution in [1.82, 2.24) is 0 Å². The number of nitrogens with zero attached hydrogens (tertiary/aromatic N) is 1. The van der Waals surface area contributed by atoms with Crippen LogP contribution in [-0.2, 0) is 15.9 Å². The van der Waals surface area contributed by atoms with Crippen molar-refractivity contribution in [3.8, 4) is 11.5 Å². The normalized spacial score (nSPS) is 15.8. The summed E-state index contributed by atoms with van der Waals surface area (Å²) in [7, 11) is 0.762. The highest BCUT2D eigenvalue weighted by atomic mass is 32.2. The second-order valence-corrected chi connectivity index (χ2v) is 9.59. The smallest absolute Gasteiger partial charge is 0.493 e. The lowest BCUT2D eigenvalue weighted by molar-refractivity contribution is -0.382. The standard InChI is InChI=1S/C22H29BN2O6.C2H6S/c1-7-29-19-13-15(11-12-18(19)28-6)14-24-17-10-8-9-16(20(17)25(26)27)23-30-21(2,3)22(4,5)31-23;1-3-2/h8-13,24H,7,14H2,1-6H3;1-2H3. The minimum absolute atomic E-state index is 0.0560. The van der Waals surface area contributed by atoms with Crippen molar-refractivity contribution in [3.63, 3.8) is 0 Å². The molecule has 10 heteroatoms. The lowest BCUT2D eigenvalue weighted by Crippen LogP contribution is -2.41. The molecule has 1 saturated heterocycles. The van der Waals surface area contributed by atoms with Crippen molar-refractivity contribution >= 4 is 35.7 Å². The first-order chi connectivity index (χ1) is 16.0. The quantitative estimate of drug-likeness (QED) is 0.318. The van der Waals surface area contributed by atoms with Crippen LogP contribution in [0.5, 0.6) is 11.5 Å². The number of thioether (sulfide) groups is 1. The van der Waals surface area contributed by atoms with E-state index >= 15 is 0 Å². The van der Waals surface area contributed by atoms with Gasteiger partial charge in [0.15, 0.2) is 11.5 Å². The number of nitro benzene ring substituents is 1. The summed E-state index contributed by atoms with van der Waals surface area (Å²) < 4.78 is 23.0. The maximum absolute atomic E-state index is 12.0. The molecule has 2 aromatic carbocycles. The van der Waals surface area contributed by atoms with Crippen LogP contribution in [0.25, 0.3) is 0 Å². The van der Waals surface area contributed by atoms with E-state index in [1.54, 1.807) is 37.1 Å². The Morgan fingerprint density at radius 3 is 2.24 bits per heavy atom. The van der Waals surface area contributed by atoms with Crippen molar-refractivity contribution in [2.75, 3.05) is 31.5 Å². The number of ether oxygens (including phenoxy) is 2.